The third kappa shape index (κ3) is 39.8. The fraction of sp³-hybridized carbons (Fsp3) is 0.600. The maximum absolute atomic E-state index is 10.7. The minimum atomic E-state index is -2.43. The van der Waals surface area contributed by atoms with Crippen LogP contribution in [0.1, 0.15) is 230 Å². The van der Waals surface area contributed by atoms with Crippen LogP contribution in [-0.2, 0) is 65.0 Å². The second kappa shape index (κ2) is 49.4. The van der Waals surface area contributed by atoms with Crippen molar-refractivity contribution >= 4 is 53.3 Å². The van der Waals surface area contributed by atoms with E-state index >= 15 is 0 Å². The van der Waals surface area contributed by atoms with Gasteiger partial charge >= 0.3 is 53.2 Å². The Balaban J connectivity index is 0.000000943. The zero-order chi connectivity index (χ0) is 52.9. The molecule has 402 valence electrons. The topological polar surface area (TPSA) is 161 Å². The van der Waals surface area contributed by atoms with Gasteiger partial charge in [-0.25, -0.2) is 0 Å². The fourth-order valence-electron chi connectivity index (χ4n) is 8.28. The van der Waals surface area contributed by atoms with E-state index in [9.17, 15) is 37.8 Å². The molecule has 4 aromatic carbocycles. The van der Waals surface area contributed by atoms with Crippen molar-refractivity contribution in [1.82, 2.24) is 0 Å². The molecule has 8 nitrogen and oxygen atoms in total. The molecule has 0 aliphatic heterocycles. The molecule has 13 heteroatoms. The van der Waals surface area contributed by atoms with Gasteiger partial charge in [-0.3, -0.25) is 0 Å². The molecular formula is C60H92MoO8P4+4. The molecule has 0 saturated heterocycles. The normalized spacial score (nSPS) is 11.4. The molecule has 0 N–H and O–H groups in total. The molecule has 4 unspecified atom stereocenters. The van der Waals surface area contributed by atoms with Crippen molar-refractivity contribution in [3.8, 4) is 0 Å². The van der Waals surface area contributed by atoms with Gasteiger partial charge in [-0.2, -0.15) is 0 Å². The van der Waals surface area contributed by atoms with Gasteiger partial charge in [0.2, 0.25) is 0 Å². The largest absolute Gasteiger partial charge is 4.00 e. The van der Waals surface area contributed by atoms with Crippen LogP contribution in [-0.4, -0.2) is 0 Å². The Morgan fingerprint density at radius 1 is 0.247 bits per heavy atom. The number of unbranched alkanes of at least 4 members (excludes halogenated alkanes) is 24. The van der Waals surface area contributed by atoms with Gasteiger partial charge in [0.05, 0.1) is 0 Å². The SMILES string of the molecule is CCCCCCCCCc1ccc([P+](=O)[O-])cc1.CCCCCCCCCc1ccc([P+](=O)[O-])cc1.CCCCCCCCCc1ccc([P+](=O)[O-])cc1.CCCCCCCCCc1ccc([P+](=O)[O-])cc1.[Mo+4]. The van der Waals surface area contributed by atoms with Crippen LogP contribution in [0.4, 0.5) is 0 Å². The number of benzene rings is 4. The molecule has 4 aromatic rings. The first-order valence-corrected chi connectivity index (χ1v) is 32.6. The first-order valence-electron chi connectivity index (χ1n) is 27.9. The molecule has 0 aromatic heterocycles. The summed E-state index contributed by atoms with van der Waals surface area (Å²) in [4.78, 5) is 42.9. The maximum Gasteiger partial charge on any atom is 4.00 e. The van der Waals surface area contributed by atoms with Crippen molar-refractivity contribution < 1.29 is 58.9 Å². The number of rotatable bonds is 36. The smallest absolute Gasteiger partial charge is 0.591 e. The first kappa shape index (κ1) is 70.8. The van der Waals surface area contributed by atoms with Gasteiger partial charge < -0.3 is 19.6 Å². The summed E-state index contributed by atoms with van der Waals surface area (Å²) in [7, 11) is -9.73. The quantitative estimate of drug-likeness (QED) is 0.0247. The molecule has 0 aliphatic carbocycles. The van der Waals surface area contributed by atoms with Crippen LogP contribution in [0.2, 0.25) is 0 Å². The first-order chi connectivity index (χ1) is 34.9. The summed E-state index contributed by atoms with van der Waals surface area (Å²) in [5.74, 6) is 0. The van der Waals surface area contributed by atoms with E-state index in [1.807, 2.05) is 48.5 Å². The Hall–Kier alpha value is -2.19. The summed E-state index contributed by atoms with van der Waals surface area (Å²) in [5, 5.41) is 1.64. The van der Waals surface area contributed by atoms with E-state index in [4.69, 9.17) is 0 Å². The van der Waals surface area contributed by atoms with Crippen LogP contribution in [0.3, 0.4) is 0 Å². The third-order valence-electron chi connectivity index (χ3n) is 12.9. The van der Waals surface area contributed by atoms with Gasteiger partial charge in [-0.1, -0.05) is 249 Å². The molecule has 0 bridgehead atoms. The monoisotopic (exact) mass is 1160 g/mol. The Morgan fingerprint density at radius 3 is 0.521 bits per heavy atom. The number of hydrogen-bond acceptors (Lipinski definition) is 8. The van der Waals surface area contributed by atoms with E-state index in [0.717, 1.165) is 25.7 Å². The Labute approximate surface area is 461 Å². The van der Waals surface area contributed by atoms with Crippen molar-refractivity contribution in [2.24, 2.45) is 0 Å². The van der Waals surface area contributed by atoms with Gasteiger partial charge in [0, 0.05) is 0 Å². The van der Waals surface area contributed by atoms with Crippen LogP contribution in [0.15, 0.2) is 97.1 Å². The van der Waals surface area contributed by atoms with Gasteiger partial charge in [0.25, 0.3) is 0 Å². The summed E-state index contributed by atoms with van der Waals surface area (Å²) in [6.07, 6.45) is 40.9. The molecule has 0 spiro atoms. The summed E-state index contributed by atoms with van der Waals surface area (Å²) in [6, 6.07) is 29.0. The van der Waals surface area contributed by atoms with E-state index in [2.05, 4.69) is 27.7 Å². The fourth-order valence-corrected chi connectivity index (χ4v) is 9.85. The maximum atomic E-state index is 10.7. The number of hydrogen-bond donors (Lipinski definition) is 0. The molecular weight excluding hydrogens is 1070 g/mol. The second-order valence-corrected chi connectivity index (χ2v) is 23.3. The molecule has 0 amide bonds. The van der Waals surface area contributed by atoms with Gasteiger partial charge in [-0.05, 0) is 122 Å². The zero-order valence-electron chi connectivity index (χ0n) is 45.3. The minimum absolute atomic E-state index is 0. The summed E-state index contributed by atoms with van der Waals surface area (Å²) in [5.41, 5.74) is 4.96. The summed E-state index contributed by atoms with van der Waals surface area (Å²) < 4.78 is 42.9. The van der Waals surface area contributed by atoms with Crippen molar-refractivity contribution in [3.05, 3.63) is 119 Å². The van der Waals surface area contributed by atoms with E-state index in [1.165, 1.54) is 202 Å². The molecule has 0 saturated carbocycles. The minimum Gasteiger partial charge on any atom is -0.591 e. The van der Waals surface area contributed by atoms with Gasteiger partial charge in [0.1, 0.15) is 0 Å². The van der Waals surface area contributed by atoms with E-state index in [0.29, 0.717) is 21.2 Å². The van der Waals surface area contributed by atoms with E-state index < -0.39 is 32.1 Å². The third-order valence-corrected chi connectivity index (χ3v) is 15.7. The molecule has 73 heavy (non-hydrogen) atoms. The van der Waals surface area contributed by atoms with Crippen molar-refractivity contribution in [2.45, 2.75) is 233 Å². The summed E-state index contributed by atoms with van der Waals surface area (Å²) in [6.45, 7) is 8.94. The van der Waals surface area contributed by atoms with Crippen LogP contribution in [0.25, 0.3) is 0 Å². The Morgan fingerprint density at radius 2 is 0.384 bits per heavy atom. The molecule has 0 aliphatic rings. The predicted octanol–water partition coefficient (Wildman–Crippen LogP) is 14.8. The zero-order valence-corrected chi connectivity index (χ0v) is 50.9. The van der Waals surface area contributed by atoms with Crippen LogP contribution in [0, 0.1) is 0 Å². The average molecular weight is 1160 g/mol. The van der Waals surface area contributed by atoms with Crippen LogP contribution >= 0.6 is 32.1 Å². The van der Waals surface area contributed by atoms with Crippen LogP contribution in [0.5, 0.6) is 0 Å². The van der Waals surface area contributed by atoms with Crippen molar-refractivity contribution in [1.29, 1.82) is 0 Å². The van der Waals surface area contributed by atoms with Crippen molar-refractivity contribution in [3.63, 3.8) is 0 Å². The Kier molecular flexibility index (Phi) is 47.9. The van der Waals surface area contributed by atoms with Crippen LogP contribution < -0.4 is 40.8 Å². The standard InChI is InChI=1S/4C15H23O2P.Mo/c4*1-2-3-4-5-6-7-8-9-14-10-12-15(13-11-14)18(16)17;/h4*10-13H,2-9H2,1H3;/q;;;;+4. The second-order valence-electron chi connectivity index (χ2n) is 19.2. The number of aryl methyl sites for hydroxylation is 4. The summed E-state index contributed by atoms with van der Waals surface area (Å²) >= 11 is 0. The molecule has 4 rings (SSSR count). The molecule has 0 radical (unpaired) electrons. The van der Waals surface area contributed by atoms with E-state index in [1.54, 1.807) is 48.5 Å². The Bertz CT molecular complexity index is 1680. The van der Waals surface area contributed by atoms with Crippen molar-refractivity contribution in [2.75, 3.05) is 0 Å². The molecule has 4 atom stereocenters. The molecule has 0 heterocycles. The van der Waals surface area contributed by atoms with Gasteiger partial charge in [0.15, 0.2) is 21.2 Å². The predicted molar refractivity (Wildman–Crippen MR) is 302 cm³/mol. The average Bonchev–Trinajstić information content (AvgIpc) is 3.38. The van der Waals surface area contributed by atoms with Gasteiger partial charge in [-0.15, -0.1) is 0 Å². The molecule has 0 fully saturated rings. The van der Waals surface area contributed by atoms with E-state index in [-0.39, 0.29) is 21.1 Å².